The summed E-state index contributed by atoms with van der Waals surface area (Å²) in [7, 11) is 0. The van der Waals surface area contributed by atoms with E-state index in [1.807, 2.05) is 6.07 Å². The van der Waals surface area contributed by atoms with Crippen LogP contribution in [-0.2, 0) is 16.0 Å². The summed E-state index contributed by atoms with van der Waals surface area (Å²) in [5.74, 6) is -2.38. The number of carbonyl (C=O) groups excluding carboxylic acids is 1. The normalized spacial score (nSPS) is 14.4. The number of aromatic nitrogens is 1. The van der Waals surface area contributed by atoms with Crippen molar-refractivity contribution in [3.8, 4) is 0 Å². The summed E-state index contributed by atoms with van der Waals surface area (Å²) in [6, 6.07) is 7.19. The molecule has 1 aromatic carbocycles. The molecule has 0 radical (unpaired) electrons. The number of rotatable bonds is 5. The smallest absolute Gasteiger partial charge is 0.352 e. The maximum atomic E-state index is 12.2. The topological polar surface area (TPSA) is 119 Å². The molecule has 128 valence electrons. The molecule has 0 saturated carbocycles. The lowest BCUT2D eigenvalue weighted by Gasteiger charge is -2.02. The summed E-state index contributed by atoms with van der Waals surface area (Å²) in [6.07, 6.45) is 1.63. The summed E-state index contributed by atoms with van der Waals surface area (Å²) in [4.78, 5) is 37.3. The third-order valence-corrected chi connectivity index (χ3v) is 4.21. The van der Waals surface area contributed by atoms with E-state index in [4.69, 9.17) is 5.11 Å². The highest BCUT2D eigenvalue weighted by Gasteiger charge is 2.25. The van der Waals surface area contributed by atoms with Crippen molar-refractivity contribution in [2.75, 3.05) is 5.32 Å². The standard InChI is InChI=1S/C18H16N2O5/c1-9-10(6-7-15(21)22)14(19-16(9)18(24)25)8-12-11-4-2-3-5-13(11)20-17(12)23/h2-5,8,19H,6-7H2,1H3,(H,20,23)(H,21,22)(H,24,25)/b12-8-. The number of carboxylic acids is 2. The zero-order valence-electron chi connectivity index (χ0n) is 13.4. The van der Waals surface area contributed by atoms with Gasteiger partial charge in [-0.3, -0.25) is 9.59 Å². The Hall–Kier alpha value is -3.35. The van der Waals surface area contributed by atoms with Gasteiger partial charge in [-0.15, -0.1) is 0 Å². The monoisotopic (exact) mass is 340 g/mol. The molecule has 0 saturated heterocycles. The number of fused-ring (bicyclic) bond motifs is 1. The van der Waals surface area contributed by atoms with Crippen molar-refractivity contribution in [2.45, 2.75) is 19.8 Å². The van der Waals surface area contributed by atoms with Crippen LogP contribution in [0.3, 0.4) is 0 Å². The van der Waals surface area contributed by atoms with Gasteiger partial charge in [-0.2, -0.15) is 0 Å². The fraction of sp³-hybridized carbons (Fsp3) is 0.167. The first-order chi connectivity index (χ1) is 11.9. The molecule has 0 aliphatic carbocycles. The zero-order valence-corrected chi connectivity index (χ0v) is 13.4. The van der Waals surface area contributed by atoms with Crippen molar-refractivity contribution >= 4 is 35.2 Å². The van der Waals surface area contributed by atoms with Gasteiger partial charge in [0.2, 0.25) is 0 Å². The van der Waals surface area contributed by atoms with Crippen LogP contribution in [0.1, 0.15) is 39.3 Å². The van der Waals surface area contributed by atoms with Crippen LogP contribution < -0.4 is 5.32 Å². The number of aliphatic carboxylic acids is 1. The van der Waals surface area contributed by atoms with Crippen molar-refractivity contribution in [1.82, 2.24) is 4.98 Å². The summed E-state index contributed by atoms with van der Waals surface area (Å²) in [6.45, 7) is 1.63. The maximum Gasteiger partial charge on any atom is 0.352 e. The van der Waals surface area contributed by atoms with Crippen LogP contribution in [0.25, 0.3) is 11.6 Å². The van der Waals surface area contributed by atoms with Crippen LogP contribution in [0.15, 0.2) is 24.3 Å². The fourth-order valence-corrected chi connectivity index (χ4v) is 2.97. The molecule has 1 aromatic heterocycles. The summed E-state index contributed by atoms with van der Waals surface area (Å²) < 4.78 is 0. The lowest BCUT2D eigenvalue weighted by Crippen LogP contribution is -2.04. The predicted octanol–water partition coefficient (Wildman–Crippen LogP) is 2.53. The third-order valence-electron chi connectivity index (χ3n) is 4.21. The highest BCUT2D eigenvalue weighted by Crippen LogP contribution is 2.34. The summed E-state index contributed by atoms with van der Waals surface area (Å²) >= 11 is 0. The summed E-state index contributed by atoms with van der Waals surface area (Å²) in [5, 5.41) is 21.0. The molecule has 1 aliphatic heterocycles. The molecular formula is C18H16N2O5. The molecule has 0 fully saturated rings. The Morgan fingerprint density at radius 3 is 2.60 bits per heavy atom. The number of hydrogen-bond donors (Lipinski definition) is 4. The van der Waals surface area contributed by atoms with Gasteiger partial charge in [0.05, 0.1) is 5.57 Å². The first kappa shape index (κ1) is 16.5. The van der Waals surface area contributed by atoms with Crippen LogP contribution in [-0.4, -0.2) is 33.0 Å². The number of hydrogen-bond acceptors (Lipinski definition) is 3. The second-order valence-corrected chi connectivity index (χ2v) is 5.77. The highest BCUT2D eigenvalue weighted by atomic mass is 16.4. The molecule has 0 atom stereocenters. The molecule has 2 heterocycles. The molecule has 3 rings (SSSR count). The first-order valence-electron chi connectivity index (χ1n) is 7.67. The van der Waals surface area contributed by atoms with Crippen molar-refractivity contribution in [3.63, 3.8) is 0 Å². The number of anilines is 1. The van der Waals surface area contributed by atoms with E-state index in [0.717, 1.165) is 5.56 Å². The first-order valence-corrected chi connectivity index (χ1v) is 7.67. The molecular weight excluding hydrogens is 324 g/mol. The van der Waals surface area contributed by atoms with Crippen molar-refractivity contribution < 1.29 is 24.6 Å². The quantitative estimate of drug-likeness (QED) is 0.624. The van der Waals surface area contributed by atoms with E-state index in [-0.39, 0.29) is 24.4 Å². The molecule has 1 amide bonds. The molecule has 0 unspecified atom stereocenters. The molecule has 1 aliphatic rings. The zero-order chi connectivity index (χ0) is 18.1. The van der Waals surface area contributed by atoms with Gasteiger partial charge in [0.25, 0.3) is 5.91 Å². The average molecular weight is 340 g/mol. The van der Waals surface area contributed by atoms with Gasteiger partial charge in [-0.25, -0.2) is 4.79 Å². The third kappa shape index (κ3) is 3.03. The second-order valence-electron chi connectivity index (χ2n) is 5.77. The largest absolute Gasteiger partial charge is 0.481 e. The van der Waals surface area contributed by atoms with E-state index in [0.29, 0.717) is 28.1 Å². The number of amides is 1. The fourth-order valence-electron chi connectivity index (χ4n) is 2.97. The molecule has 2 aromatic rings. The number of carbonyl (C=O) groups is 3. The lowest BCUT2D eigenvalue weighted by atomic mass is 10.0. The molecule has 4 N–H and O–H groups in total. The van der Waals surface area contributed by atoms with E-state index in [1.165, 1.54) is 0 Å². The number of nitrogens with one attached hydrogen (secondary N) is 2. The van der Waals surface area contributed by atoms with Crippen LogP contribution in [0.2, 0.25) is 0 Å². The van der Waals surface area contributed by atoms with Crippen LogP contribution in [0.4, 0.5) is 5.69 Å². The number of benzene rings is 1. The Labute approximate surface area is 143 Å². The van der Waals surface area contributed by atoms with E-state index >= 15 is 0 Å². The number of carboxylic acid groups (broad SMARTS) is 2. The number of aromatic amines is 1. The molecule has 0 spiro atoms. The molecule has 0 bridgehead atoms. The SMILES string of the molecule is Cc1c(C(=O)O)[nH]c(/C=C2\C(=O)Nc3ccccc32)c1CCC(=O)O. The Morgan fingerprint density at radius 2 is 1.92 bits per heavy atom. The minimum Gasteiger partial charge on any atom is -0.481 e. The Morgan fingerprint density at radius 1 is 1.20 bits per heavy atom. The summed E-state index contributed by atoms with van der Waals surface area (Å²) in [5.41, 5.74) is 3.33. The van der Waals surface area contributed by atoms with Crippen molar-refractivity contribution in [2.24, 2.45) is 0 Å². The average Bonchev–Trinajstić information content (AvgIpc) is 3.03. The van der Waals surface area contributed by atoms with E-state index < -0.39 is 11.9 Å². The molecule has 7 heteroatoms. The number of aromatic carboxylic acids is 1. The van der Waals surface area contributed by atoms with Gasteiger partial charge in [0.1, 0.15) is 5.69 Å². The number of H-pyrrole nitrogens is 1. The highest BCUT2D eigenvalue weighted by molar-refractivity contribution is 6.34. The molecule has 7 nitrogen and oxygen atoms in total. The van der Waals surface area contributed by atoms with E-state index in [1.54, 1.807) is 31.2 Å². The predicted molar refractivity (Wildman–Crippen MR) is 91.4 cm³/mol. The van der Waals surface area contributed by atoms with Crippen LogP contribution in [0, 0.1) is 6.92 Å². The Kier molecular flexibility index (Phi) is 4.14. The lowest BCUT2D eigenvalue weighted by molar-refractivity contribution is -0.137. The van der Waals surface area contributed by atoms with Gasteiger partial charge in [0.15, 0.2) is 0 Å². The van der Waals surface area contributed by atoms with Gasteiger partial charge >= 0.3 is 11.9 Å². The Bertz CT molecular complexity index is 924. The minimum absolute atomic E-state index is 0.000992. The van der Waals surface area contributed by atoms with Gasteiger partial charge in [0, 0.05) is 23.4 Å². The van der Waals surface area contributed by atoms with E-state index in [9.17, 15) is 19.5 Å². The van der Waals surface area contributed by atoms with Crippen molar-refractivity contribution in [1.29, 1.82) is 0 Å². The van der Waals surface area contributed by atoms with Crippen LogP contribution >= 0.6 is 0 Å². The number of para-hydroxylation sites is 1. The van der Waals surface area contributed by atoms with E-state index in [2.05, 4.69) is 10.3 Å². The van der Waals surface area contributed by atoms with Gasteiger partial charge < -0.3 is 20.5 Å². The van der Waals surface area contributed by atoms with Crippen LogP contribution in [0.5, 0.6) is 0 Å². The van der Waals surface area contributed by atoms with Gasteiger partial charge in [-0.1, -0.05) is 18.2 Å². The maximum absolute atomic E-state index is 12.2. The van der Waals surface area contributed by atoms with Gasteiger partial charge in [-0.05, 0) is 36.6 Å². The van der Waals surface area contributed by atoms with Crippen molar-refractivity contribution in [3.05, 3.63) is 52.3 Å². The Balaban J connectivity index is 2.10. The molecule has 25 heavy (non-hydrogen) atoms. The second kappa shape index (κ2) is 6.27. The minimum atomic E-state index is -1.13.